The number of nitrogens with two attached hydrogens (primary N) is 1. The van der Waals surface area contributed by atoms with Gasteiger partial charge in [-0.15, -0.1) is 0 Å². The van der Waals surface area contributed by atoms with Gasteiger partial charge in [-0.2, -0.15) is 0 Å². The van der Waals surface area contributed by atoms with Crippen molar-refractivity contribution in [3.05, 3.63) is 12.2 Å². The Balaban J connectivity index is 2.06. The molecule has 1 nitrogen and oxygen atoms in total. The van der Waals surface area contributed by atoms with E-state index in [1.54, 1.807) is 0 Å². The summed E-state index contributed by atoms with van der Waals surface area (Å²) >= 11 is 0. The van der Waals surface area contributed by atoms with Crippen molar-refractivity contribution in [1.82, 2.24) is 0 Å². The molecule has 2 N–H and O–H groups in total. The molecule has 0 aromatic carbocycles. The number of hydrogen-bond donors (Lipinski definition) is 1. The van der Waals surface area contributed by atoms with Crippen molar-refractivity contribution in [1.29, 1.82) is 0 Å². The van der Waals surface area contributed by atoms with Gasteiger partial charge in [0.15, 0.2) is 0 Å². The van der Waals surface area contributed by atoms with E-state index in [2.05, 4.69) is 26.0 Å². The average Bonchev–Trinajstić information content (AvgIpc) is 2.55. The van der Waals surface area contributed by atoms with Crippen LogP contribution in [0, 0.1) is 11.3 Å². The van der Waals surface area contributed by atoms with Gasteiger partial charge < -0.3 is 5.73 Å². The molecule has 0 aliphatic heterocycles. The molecule has 12 heavy (non-hydrogen) atoms. The predicted octanol–water partition coefficient (Wildman–Crippen LogP) is 2.47. The van der Waals surface area contributed by atoms with Crippen LogP contribution in [0.15, 0.2) is 12.2 Å². The fraction of sp³-hybridized carbons (Fsp3) is 0.818. The number of allylic oxidation sites excluding steroid dienone is 2. The van der Waals surface area contributed by atoms with Crippen LogP contribution in [0.2, 0.25) is 0 Å². The van der Waals surface area contributed by atoms with Gasteiger partial charge in [-0.3, -0.25) is 0 Å². The lowest BCUT2D eigenvalue weighted by molar-refractivity contribution is 0.315. The lowest BCUT2D eigenvalue weighted by Gasteiger charge is -2.27. The highest BCUT2D eigenvalue weighted by Gasteiger charge is 2.61. The summed E-state index contributed by atoms with van der Waals surface area (Å²) in [5.41, 5.74) is 6.94. The van der Waals surface area contributed by atoms with E-state index in [1.165, 1.54) is 25.7 Å². The summed E-state index contributed by atoms with van der Waals surface area (Å²) < 4.78 is 0. The van der Waals surface area contributed by atoms with E-state index >= 15 is 0 Å². The van der Waals surface area contributed by atoms with E-state index in [0.717, 1.165) is 5.92 Å². The fourth-order valence-electron chi connectivity index (χ4n) is 2.65. The van der Waals surface area contributed by atoms with Gasteiger partial charge in [0.05, 0.1) is 0 Å². The largest absolute Gasteiger partial charge is 0.324 e. The minimum Gasteiger partial charge on any atom is -0.324 e. The van der Waals surface area contributed by atoms with Crippen LogP contribution >= 0.6 is 0 Å². The van der Waals surface area contributed by atoms with Gasteiger partial charge in [0.25, 0.3) is 0 Å². The van der Waals surface area contributed by atoms with Gasteiger partial charge in [0.1, 0.15) is 0 Å². The summed E-state index contributed by atoms with van der Waals surface area (Å²) in [4.78, 5) is 0. The van der Waals surface area contributed by atoms with Crippen LogP contribution in [0.1, 0.15) is 39.5 Å². The number of rotatable bonds is 1. The van der Waals surface area contributed by atoms with Crippen molar-refractivity contribution in [2.45, 2.75) is 45.1 Å². The Morgan fingerprint density at radius 2 is 2.00 bits per heavy atom. The van der Waals surface area contributed by atoms with E-state index in [1.807, 2.05) is 0 Å². The van der Waals surface area contributed by atoms with E-state index in [0.29, 0.717) is 5.41 Å². The van der Waals surface area contributed by atoms with Gasteiger partial charge in [0, 0.05) is 5.54 Å². The van der Waals surface area contributed by atoms with Crippen molar-refractivity contribution >= 4 is 0 Å². The average molecular weight is 165 g/mol. The molecule has 0 spiro atoms. The molecule has 0 saturated heterocycles. The van der Waals surface area contributed by atoms with E-state index < -0.39 is 0 Å². The van der Waals surface area contributed by atoms with Gasteiger partial charge in [-0.05, 0) is 37.0 Å². The maximum Gasteiger partial charge on any atom is 0.0244 e. The summed E-state index contributed by atoms with van der Waals surface area (Å²) in [6, 6.07) is 0. The minimum absolute atomic E-state index is 0.164. The number of hydrogen-bond acceptors (Lipinski definition) is 1. The van der Waals surface area contributed by atoms with Crippen molar-refractivity contribution in [2.75, 3.05) is 0 Å². The van der Waals surface area contributed by atoms with Crippen molar-refractivity contribution < 1.29 is 0 Å². The van der Waals surface area contributed by atoms with Crippen LogP contribution in [0.3, 0.4) is 0 Å². The van der Waals surface area contributed by atoms with E-state index in [-0.39, 0.29) is 5.54 Å². The molecule has 2 aliphatic carbocycles. The monoisotopic (exact) mass is 165 g/mol. The zero-order valence-electron chi connectivity index (χ0n) is 8.14. The van der Waals surface area contributed by atoms with Crippen LogP contribution in [0.25, 0.3) is 0 Å². The fourth-order valence-corrected chi connectivity index (χ4v) is 2.65. The minimum atomic E-state index is 0.164. The molecule has 0 aromatic heterocycles. The Morgan fingerprint density at radius 3 is 2.42 bits per heavy atom. The lowest BCUT2D eigenvalue weighted by Crippen LogP contribution is -2.37. The molecule has 0 amide bonds. The van der Waals surface area contributed by atoms with Crippen LogP contribution in [0.5, 0.6) is 0 Å². The molecule has 0 radical (unpaired) electrons. The molecule has 2 atom stereocenters. The molecule has 1 saturated carbocycles. The Hall–Kier alpha value is -0.300. The highest BCUT2D eigenvalue weighted by Crippen LogP contribution is 2.59. The van der Waals surface area contributed by atoms with Crippen molar-refractivity contribution in [3.63, 3.8) is 0 Å². The van der Waals surface area contributed by atoms with Gasteiger partial charge in [-0.1, -0.05) is 26.0 Å². The first kappa shape index (κ1) is 8.31. The molecule has 0 aromatic rings. The molecule has 2 rings (SSSR count). The second kappa shape index (κ2) is 2.35. The van der Waals surface area contributed by atoms with E-state index in [4.69, 9.17) is 5.73 Å². The second-order valence-corrected chi connectivity index (χ2v) is 5.08. The molecular formula is C11H19N. The molecule has 68 valence electrons. The Kier molecular flexibility index (Phi) is 1.63. The summed E-state index contributed by atoms with van der Waals surface area (Å²) in [5, 5.41) is 0. The molecule has 2 aliphatic rings. The first-order chi connectivity index (χ1) is 5.56. The molecule has 1 heteroatoms. The Bertz CT molecular complexity index is 217. The third-order valence-corrected chi connectivity index (χ3v) is 3.87. The molecule has 0 bridgehead atoms. The first-order valence-electron chi connectivity index (χ1n) is 5.00. The van der Waals surface area contributed by atoms with Gasteiger partial charge in [-0.25, -0.2) is 0 Å². The quantitative estimate of drug-likeness (QED) is 0.593. The summed E-state index contributed by atoms with van der Waals surface area (Å²) in [5.74, 6) is 0.748. The zero-order valence-corrected chi connectivity index (χ0v) is 8.14. The predicted molar refractivity (Wildman–Crippen MR) is 51.8 cm³/mol. The third-order valence-electron chi connectivity index (χ3n) is 3.87. The summed E-state index contributed by atoms with van der Waals surface area (Å²) in [6.07, 6.45) is 9.56. The summed E-state index contributed by atoms with van der Waals surface area (Å²) in [7, 11) is 0. The highest BCUT2D eigenvalue weighted by molar-refractivity contribution is 5.19. The lowest BCUT2D eigenvalue weighted by atomic mass is 9.82. The standard InChI is InChI=1S/C11H19N/c1-10(2)8-11(10,12)9-6-4-3-5-7-9/h3-4,9H,5-8,12H2,1-2H3. The molecule has 0 heterocycles. The second-order valence-electron chi connectivity index (χ2n) is 5.08. The molecule has 2 unspecified atom stereocenters. The van der Waals surface area contributed by atoms with Crippen molar-refractivity contribution in [3.8, 4) is 0 Å². The smallest absolute Gasteiger partial charge is 0.0244 e. The normalized spacial score (nSPS) is 44.4. The van der Waals surface area contributed by atoms with Gasteiger partial charge >= 0.3 is 0 Å². The van der Waals surface area contributed by atoms with E-state index in [9.17, 15) is 0 Å². The Labute approximate surface area is 75.0 Å². The van der Waals surface area contributed by atoms with Crippen LogP contribution in [0.4, 0.5) is 0 Å². The maximum absolute atomic E-state index is 6.37. The van der Waals surface area contributed by atoms with Crippen LogP contribution < -0.4 is 5.73 Å². The highest BCUT2D eigenvalue weighted by atomic mass is 14.9. The van der Waals surface area contributed by atoms with Crippen LogP contribution in [-0.2, 0) is 0 Å². The zero-order chi connectivity index (χ0) is 8.82. The van der Waals surface area contributed by atoms with Crippen LogP contribution in [-0.4, -0.2) is 5.54 Å². The SMILES string of the molecule is CC1(C)CC1(N)C1CC=CCC1. The topological polar surface area (TPSA) is 26.0 Å². The van der Waals surface area contributed by atoms with Crippen molar-refractivity contribution in [2.24, 2.45) is 17.1 Å². The first-order valence-corrected chi connectivity index (χ1v) is 5.00. The van der Waals surface area contributed by atoms with Gasteiger partial charge in [0.2, 0.25) is 0 Å². The summed E-state index contributed by atoms with van der Waals surface area (Å²) in [6.45, 7) is 4.59. The maximum atomic E-state index is 6.37. The molecular weight excluding hydrogens is 146 g/mol. The Morgan fingerprint density at radius 1 is 1.33 bits per heavy atom. The third kappa shape index (κ3) is 1.03. The molecule has 1 fully saturated rings.